The van der Waals surface area contributed by atoms with Crippen molar-refractivity contribution in [3.8, 4) is 0 Å². The Balaban J connectivity index is 2.03. The van der Waals surface area contributed by atoms with E-state index in [1.165, 1.54) is 18.3 Å². The molecule has 6 nitrogen and oxygen atoms in total. The molecular weight excluding hydrogens is 423 g/mol. The highest BCUT2D eigenvalue weighted by Gasteiger charge is 2.53. The molecule has 0 fully saturated rings. The number of hydrogen-bond donors (Lipinski definition) is 1. The van der Waals surface area contributed by atoms with Crippen molar-refractivity contribution in [1.82, 2.24) is 10.3 Å². The normalized spacial score (nSPS) is 15.7. The number of carbonyl (C=O) groups excluding carboxylic acids is 2. The van der Waals surface area contributed by atoms with E-state index >= 15 is 0 Å². The number of benzene rings is 1. The highest BCUT2D eigenvalue weighted by molar-refractivity contribution is 5.97. The number of halogens is 3. The Morgan fingerprint density at radius 3 is 2.50 bits per heavy atom. The van der Waals surface area contributed by atoms with Crippen LogP contribution in [0.25, 0.3) is 0 Å². The van der Waals surface area contributed by atoms with Crippen molar-refractivity contribution in [2.24, 2.45) is 5.92 Å². The van der Waals surface area contributed by atoms with Gasteiger partial charge in [-0.15, -0.1) is 0 Å². The molecule has 3 rings (SSSR count). The van der Waals surface area contributed by atoms with Gasteiger partial charge >= 0.3 is 12.3 Å². The molecule has 1 aromatic carbocycles. The van der Waals surface area contributed by atoms with E-state index in [0.29, 0.717) is 17.5 Å². The molecule has 1 aromatic heterocycles. The van der Waals surface area contributed by atoms with Gasteiger partial charge in [-0.05, 0) is 51.3 Å². The average Bonchev–Trinajstić information content (AvgIpc) is 3.09. The van der Waals surface area contributed by atoms with Crippen LogP contribution in [0.4, 0.5) is 23.8 Å². The molecule has 32 heavy (non-hydrogen) atoms. The summed E-state index contributed by atoms with van der Waals surface area (Å²) in [6.07, 6.45) is -4.12. The number of hydrogen-bond acceptors (Lipinski definition) is 4. The largest absolute Gasteiger partial charge is 0.444 e. The number of amides is 2. The van der Waals surface area contributed by atoms with Crippen molar-refractivity contribution >= 4 is 17.8 Å². The molecule has 2 amide bonds. The minimum atomic E-state index is -4.93. The number of ether oxygens (including phenoxy) is 1. The highest BCUT2D eigenvalue weighted by Crippen LogP contribution is 2.40. The molecule has 172 valence electrons. The van der Waals surface area contributed by atoms with Crippen LogP contribution in [0.1, 0.15) is 43.5 Å². The summed E-state index contributed by atoms with van der Waals surface area (Å²) in [5, 5.41) is 2.30. The van der Waals surface area contributed by atoms with E-state index in [1.807, 2.05) is 0 Å². The van der Waals surface area contributed by atoms with E-state index < -0.39 is 35.7 Å². The van der Waals surface area contributed by atoms with Gasteiger partial charge in [0.05, 0.1) is 6.04 Å². The van der Waals surface area contributed by atoms with Crippen LogP contribution in [-0.2, 0) is 16.0 Å². The predicted octanol–water partition coefficient (Wildman–Crippen LogP) is 4.72. The molecule has 2 unspecified atom stereocenters. The Morgan fingerprint density at radius 2 is 1.88 bits per heavy atom. The maximum absolute atomic E-state index is 14.4. The number of aromatic nitrogens is 1. The van der Waals surface area contributed by atoms with Gasteiger partial charge in [0.1, 0.15) is 11.4 Å². The molecule has 0 aliphatic carbocycles. The Hall–Kier alpha value is -3.10. The predicted molar refractivity (Wildman–Crippen MR) is 113 cm³/mol. The van der Waals surface area contributed by atoms with E-state index in [-0.39, 0.29) is 17.9 Å². The van der Waals surface area contributed by atoms with Crippen molar-refractivity contribution in [1.29, 1.82) is 0 Å². The molecule has 1 aliphatic rings. The molecule has 1 aliphatic heterocycles. The molecule has 0 saturated carbocycles. The molecule has 1 N–H and O–H groups in total. The number of alkyl carbamates (subject to hydrolysis) is 1. The third-order valence-electron chi connectivity index (χ3n) is 5.02. The maximum atomic E-state index is 14.4. The SMILES string of the molecule is Cc1cccc(C(NC(=O)OC(C)(C)C)C(C(=O)N2CCc3cccnc32)C(F)(F)F)c1. The number of carbonyl (C=O) groups is 2. The van der Waals surface area contributed by atoms with Gasteiger partial charge in [0.15, 0.2) is 5.92 Å². The van der Waals surface area contributed by atoms with Crippen molar-refractivity contribution < 1.29 is 27.5 Å². The fourth-order valence-electron chi connectivity index (χ4n) is 3.72. The lowest BCUT2D eigenvalue weighted by Crippen LogP contribution is -2.50. The Kier molecular flexibility index (Phi) is 6.48. The first kappa shape index (κ1) is 23.6. The first-order valence-electron chi connectivity index (χ1n) is 10.2. The van der Waals surface area contributed by atoms with Crippen molar-refractivity contribution in [3.63, 3.8) is 0 Å². The molecule has 2 aromatic rings. The second kappa shape index (κ2) is 8.80. The van der Waals surface area contributed by atoms with Crippen LogP contribution in [0.3, 0.4) is 0 Å². The fourth-order valence-corrected chi connectivity index (χ4v) is 3.72. The topological polar surface area (TPSA) is 71.5 Å². The van der Waals surface area contributed by atoms with Gasteiger partial charge < -0.3 is 10.1 Å². The molecule has 0 spiro atoms. The van der Waals surface area contributed by atoms with Gasteiger partial charge in [-0.1, -0.05) is 35.9 Å². The number of fused-ring (bicyclic) bond motifs is 1. The van der Waals surface area contributed by atoms with Gasteiger partial charge in [0.2, 0.25) is 5.91 Å². The van der Waals surface area contributed by atoms with E-state index in [1.54, 1.807) is 52.0 Å². The van der Waals surface area contributed by atoms with Gasteiger partial charge in [-0.2, -0.15) is 13.2 Å². The second-order valence-corrected chi connectivity index (χ2v) is 8.78. The highest BCUT2D eigenvalue weighted by atomic mass is 19.4. The number of alkyl halides is 3. The molecule has 0 saturated heterocycles. The number of rotatable bonds is 4. The fraction of sp³-hybridized carbons (Fsp3) is 0.435. The summed E-state index contributed by atoms with van der Waals surface area (Å²) in [6.45, 7) is 6.62. The van der Waals surface area contributed by atoms with E-state index in [4.69, 9.17) is 4.74 Å². The quantitative estimate of drug-likeness (QED) is 0.733. The summed E-state index contributed by atoms with van der Waals surface area (Å²) in [4.78, 5) is 30.9. The summed E-state index contributed by atoms with van der Waals surface area (Å²) >= 11 is 0. The second-order valence-electron chi connectivity index (χ2n) is 8.78. The molecule has 0 radical (unpaired) electrons. The maximum Gasteiger partial charge on any atom is 0.408 e. The van der Waals surface area contributed by atoms with Crippen LogP contribution >= 0.6 is 0 Å². The summed E-state index contributed by atoms with van der Waals surface area (Å²) < 4.78 is 48.3. The van der Waals surface area contributed by atoms with Crippen LogP contribution in [0, 0.1) is 12.8 Å². The van der Waals surface area contributed by atoms with E-state index in [2.05, 4.69) is 10.3 Å². The summed E-state index contributed by atoms with van der Waals surface area (Å²) in [5.74, 6) is -3.48. The molecule has 2 atom stereocenters. The lowest BCUT2D eigenvalue weighted by atomic mass is 9.90. The Bertz CT molecular complexity index is 1000. The van der Waals surface area contributed by atoms with Crippen LogP contribution < -0.4 is 10.2 Å². The zero-order valence-corrected chi connectivity index (χ0v) is 18.4. The number of aryl methyl sites for hydroxylation is 1. The van der Waals surface area contributed by atoms with Crippen LogP contribution in [0.15, 0.2) is 42.6 Å². The van der Waals surface area contributed by atoms with Crippen LogP contribution in [-0.4, -0.2) is 35.3 Å². The smallest absolute Gasteiger partial charge is 0.408 e. The third kappa shape index (κ3) is 5.38. The number of anilines is 1. The monoisotopic (exact) mass is 449 g/mol. The lowest BCUT2D eigenvalue weighted by molar-refractivity contribution is -0.187. The zero-order valence-electron chi connectivity index (χ0n) is 18.4. The van der Waals surface area contributed by atoms with Crippen LogP contribution in [0.2, 0.25) is 0 Å². The molecule has 2 heterocycles. The molecular formula is C23H26F3N3O3. The first-order valence-corrected chi connectivity index (χ1v) is 10.2. The molecule has 0 bridgehead atoms. The Morgan fingerprint density at radius 1 is 1.16 bits per heavy atom. The minimum Gasteiger partial charge on any atom is -0.444 e. The minimum absolute atomic E-state index is 0.0880. The summed E-state index contributed by atoms with van der Waals surface area (Å²) in [5.41, 5.74) is 0.637. The van der Waals surface area contributed by atoms with Crippen molar-refractivity contribution in [3.05, 3.63) is 59.3 Å². The zero-order chi connectivity index (χ0) is 23.7. The standard InChI is InChI=1S/C23H26F3N3O3/c1-14-7-5-8-16(13-14)18(28-21(31)32-22(2,3)4)17(23(24,25)26)20(30)29-12-10-15-9-6-11-27-19(15)29/h5-9,11,13,17-18H,10,12H2,1-4H3,(H,28,31). The first-order chi connectivity index (χ1) is 14.9. The summed E-state index contributed by atoms with van der Waals surface area (Å²) in [7, 11) is 0. The van der Waals surface area contributed by atoms with Crippen LogP contribution in [0.5, 0.6) is 0 Å². The van der Waals surface area contributed by atoms with Crippen molar-refractivity contribution in [2.45, 2.75) is 51.9 Å². The van der Waals surface area contributed by atoms with Gasteiger partial charge in [0.25, 0.3) is 0 Å². The average molecular weight is 449 g/mol. The number of nitrogens with zero attached hydrogens (tertiary/aromatic N) is 2. The van der Waals surface area contributed by atoms with Gasteiger partial charge in [0, 0.05) is 12.7 Å². The lowest BCUT2D eigenvalue weighted by Gasteiger charge is -2.32. The van der Waals surface area contributed by atoms with E-state index in [9.17, 15) is 22.8 Å². The van der Waals surface area contributed by atoms with Crippen molar-refractivity contribution in [2.75, 3.05) is 11.4 Å². The number of pyridine rings is 1. The Labute approximate surface area is 184 Å². The number of nitrogens with one attached hydrogen (secondary N) is 1. The van der Waals surface area contributed by atoms with Gasteiger partial charge in [-0.3, -0.25) is 9.69 Å². The van der Waals surface area contributed by atoms with E-state index in [0.717, 1.165) is 4.90 Å². The molecule has 9 heteroatoms. The van der Waals surface area contributed by atoms with Gasteiger partial charge in [-0.25, -0.2) is 9.78 Å². The third-order valence-corrected chi connectivity index (χ3v) is 5.02. The summed E-state index contributed by atoms with van der Waals surface area (Å²) in [6, 6.07) is 8.01.